The number of nitrogens with zero attached hydrogens (tertiary/aromatic N) is 1. The minimum Gasteiger partial charge on any atom is -0.497 e. The van der Waals surface area contributed by atoms with Crippen LogP contribution < -0.4 is 9.64 Å². The molecule has 0 atom stereocenters. The highest BCUT2D eigenvalue weighted by atomic mass is 32.1. The summed E-state index contributed by atoms with van der Waals surface area (Å²) in [7, 11) is 0.0772. The highest BCUT2D eigenvalue weighted by molar-refractivity contribution is 7.27. The van der Waals surface area contributed by atoms with Crippen LogP contribution in [0.2, 0.25) is 0 Å². The lowest BCUT2D eigenvalue weighted by atomic mass is 9.94. The van der Waals surface area contributed by atoms with Crippen molar-refractivity contribution >= 4 is 33.6 Å². The molecular weight excluding hydrogens is 201 g/mol. The van der Waals surface area contributed by atoms with Crippen LogP contribution in [0, 0.1) is 0 Å². The molecule has 6 heteroatoms. The van der Waals surface area contributed by atoms with Crippen LogP contribution in [0.15, 0.2) is 18.2 Å². The van der Waals surface area contributed by atoms with Gasteiger partial charge in [0.15, 0.2) is 0 Å². The normalized spacial score (nSPS) is 10.5. The van der Waals surface area contributed by atoms with E-state index in [1.165, 1.54) is 11.3 Å². The van der Waals surface area contributed by atoms with Crippen LogP contribution in [0.25, 0.3) is 10.2 Å². The van der Waals surface area contributed by atoms with E-state index < -0.39 is 7.12 Å². The summed E-state index contributed by atoms with van der Waals surface area (Å²) in [4.78, 5) is 4.36. The molecule has 0 spiro atoms. The van der Waals surface area contributed by atoms with E-state index in [4.69, 9.17) is 14.8 Å². The molecule has 0 bridgehead atoms. The van der Waals surface area contributed by atoms with Gasteiger partial charge in [-0.2, -0.15) is 0 Å². The Bertz CT molecular complexity index is 457. The Morgan fingerprint density at radius 3 is 2.86 bits per heavy atom. The van der Waals surface area contributed by atoms with Gasteiger partial charge in [-0.1, -0.05) is 0 Å². The van der Waals surface area contributed by atoms with Gasteiger partial charge in [0.25, 0.3) is 0 Å². The molecule has 0 aliphatic rings. The maximum absolute atomic E-state index is 8.92. The van der Waals surface area contributed by atoms with Crippen LogP contribution in [-0.4, -0.2) is 29.3 Å². The largest absolute Gasteiger partial charge is 0.519 e. The predicted molar refractivity (Wildman–Crippen MR) is 56.0 cm³/mol. The Labute approximate surface area is 84.9 Å². The number of aromatic nitrogens is 1. The third kappa shape index (κ3) is 1.59. The van der Waals surface area contributed by atoms with Crippen molar-refractivity contribution in [2.24, 2.45) is 0 Å². The number of hydrogen-bond donors (Lipinski definition) is 2. The lowest BCUT2D eigenvalue weighted by molar-refractivity contribution is 0.415. The lowest BCUT2D eigenvalue weighted by Crippen LogP contribution is -2.28. The molecule has 4 nitrogen and oxygen atoms in total. The van der Waals surface area contributed by atoms with Gasteiger partial charge in [-0.3, -0.25) is 0 Å². The highest BCUT2D eigenvalue weighted by Crippen LogP contribution is 2.21. The third-order valence-corrected chi connectivity index (χ3v) is 2.91. The summed E-state index contributed by atoms with van der Waals surface area (Å²) >= 11 is 1.26. The van der Waals surface area contributed by atoms with Crippen LogP contribution in [0.3, 0.4) is 0 Å². The number of fused-ring (bicyclic) bond motifs is 1. The smallest absolute Gasteiger partial charge is 0.497 e. The van der Waals surface area contributed by atoms with Crippen molar-refractivity contribution in [2.75, 3.05) is 7.11 Å². The minimum absolute atomic E-state index is 0.299. The Hall–Kier alpha value is -1.11. The van der Waals surface area contributed by atoms with Crippen LogP contribution >= 0.6 is 11.3 Å². The van der Waals surface area contributed by atoms with Crippen LogP contribution in [0.1, 0.15) is 0 Å². The molecule has 0 fully saturated rings. The first-order valence-electron chi connectivity index (χ1n) is 4.01. The number of thiazole rings is 1. The standard InChI is InChI=1S/C8H8BNO3S/c1-13-5-2-3-7-6(4-5)10-8(14-7)9(11)12/h2-4,11-12H,1H3. The molecule has 0 saturated carbocycles. The van der Waals surface area contributed by atoms with Crippen molar-refractivity contribution < 1.29 is 14.8 Å². The first-order valence-corrected chi connectivity index (χ1v) is 4.83. The van der Waals surface area contributed by atoms with E-state index in [2.05, 4.69) is 4.98 Å². The molecule has 0 aliphatic carbocycles. The Morgan fingerprint density at radius 1 is 1.43 bits per heavy atom. The third-order valence-electron chi connectivity index (χ3n) is 1.83. The van der Waals surface area contributed by atoms with E-state index in [1.807, 2.05) is 12.1 Å². The zero-order valence-corrected chi connectivity index (χ0v) is 8.28. The number of benzene rings is 1. The van der Waals surface area contributed by atoms with Crippen molar-refractivity contribution in [1.29, 1.82) is 0 Å². The summed E-state index contributed by atoms with van der Waals surface area (Å²) in [6.07, 6.45) is 0. The zero-order valence-electron chi connectivity index (χ0n) is 7.47. The molecule has 72 valence electrons. The molecule has 2 aromatic rings. The van der Waals surface area contributed by atoms with E-state index >= 15 is 0 Å². The fraction of sp³-hybridized carbons (Fsp3) is 0.125. The van der Waals surface area contributed by atoms with Crippen molar-refractivity contribution in [3.05, 3.63) is 18.2 Å². The average Bonchev–Trinajstić information content (AvgIpc) is 2.59. The average molecular weight is 209 g/mol. The molecule has 2 rings (SSSR count). The van der Waals surface area contributed by atoms with Gasteiger partial charge < -0.3 is 14.8 Å². The van der Waals surface area contributed by atoms with Gasteiger partial charge in [-0.05, 0) is 12.1 Å². The maximum Gasteiger partial charge on any atom is 0.519 e. The van der Waals surface area contributed by atoms with Gasteiger partial charge in [0, 0.05) is 6.07 Å². The molecular formula is C8H8BNO3S. The van der Waals surface area contributed by atoms with E-state index in [0.29, 0.717) is 10.7 Å². The minimum atomic E-state index is -1.50. The molecule has 0 amide bonds. The fourth-order valence-electron chi connectivity index (χ4n) is 1.16. The molecule has 0 saturated heterocycles. The first-order chi connectivity index (χ1) is 6.70. The second-order valence-corrected chi connectivity index (χ2v) is 3.82. The van der Waals surface area contributed by atoms with Crippen molar-refractivity contribution in [3.63, 3.8) is 0 Å². The van der Waals surface area contributed by atoms with Crippen molar-refractivity contribution in [2.45, 2.75) is 0 Å². The molecule has 14 heavy (non-hydrogen) atoms. The van der Waals surface area contributed by atoms with Gasteiger partial charge in [0.05, 0.1) is 17.3 Å². The Morgan fingerprint density at radius 2 is 2.21 bits per heavy atom. The van der Waals surface area contributed by atoms with Gasteiger partial charge in [-0.15, -0.1) is 11.3 Å². The lowest BCUT2D eigenvalue weighted by Gasteiger charge is -1.96. The maximum atomic E-state index is 8.92. The summed E-state index contributed by atoms with van der Waals surface area (Å²) in [5.41, 5.74) is 0.720. The summed E-state index contributed by atoms with van der Waals surface area (Å²) < 4.78 is 5.94. The second-order valence-electron chi connectivity index (χ2n) is 2.76. The van der Waals surface area contributed by atoms with Crippen LogP contribution in [0.4, 0.5) is 0 Å². The Kier molecular flexibility index (Phi) is 2.41. The van der Waals surface area contributed by atoms with E-state index in [-0.39, 0.29) is 0 Å². The molecule has 1 heterocycles. The Balaban J connectivity index is 2.54. The first kappa shape index (κ1) is 9.45. The van der Waals surface area contributed by atoms with Crippen LogP contribution in [0.5, 0.6) is 5.75 Å². The topological polar surface area (TPSA) is 62.6 Å². The fourth-order valence-corrected chi connectivity index (χ4v) is 1.98. The second kappa shape index (κ2) is 3.57. The van der Waals surface area contributed by atoms with Gasteiger partial charge in [-0.25, -0.2) is 4.98 Å². The quantitative estimate of drug-likeness (QED) is 0.682. The predicted octanol–water partition coefficient (Wildman–Crippen LogP) is -0.0153. The van der Waals surface area contributed by atoms with E-state index in [9.17, 15) is 0 Å². The van der Waals surface area contributed by atoms with Crippen molar-refractivity contribution in [1.82, 2.24) is 4.98 Å². The van der Waals surface area contributed by atoms with Gasteiger partial charge in [0.1, 0.15) is 10.7 Å². The summed E-state index contributed by atoms with van der Waals surface area (Å²) in [5, 5.41) is 17.8. The number of rotatable bonds is 2. The molecule has 1 aromatic carbocycles. The molecule has 1 aromatic heterocycles. The summed E-state index contributed by atoms with van der Waals surface area (Å²) in [6.45, 7) is 0. The molecule has 0 radical (unpaired) electrons. The monoisotopic (exact) mass is 209 g/mol. The molecule has 0 unspecified atom stereocenters. The summed E-state index contributed by atoms with van der Waals surface area (Å²) in [6, 6.07) is 5.42. The molecule has 2 N–H and O–H groups in total. The number of methoxy groups -OCH3 is 1. The van der Waals surface area contributed by atoms with Crippen LogP contribution in [-0.2, 0) is 0 Å². The van der Waals surface area contributed by atoms with E-state index in [0.717, 1.165) is 10.2 Å². The van der Waals surface area contributed by atoms with Gasteiger partial charge in [0.2, 0.25) is 0 Å². The summed E-state index contributed by atoms with van der Waals surface area (Å²) in [5.74, 6) is 0.710. The highest BCUT2D eigenvalue weighted by Gasteiger charge is 2.16. The van der Waals surface area contributed by atoms with E-state index in [1.54, 1.807) is 13.2 Å². The SMILES string of the molecule is COc1ccc2sc(B(O)O)nc2c1. The van der Waals surface area contributed by atoms with Crippen molar-refractivity contribution in [3.8, 4) is 5.75 Å². The van der Waals surface area contributed by atoms with Gasteiger partial charge >= 0.3 is 7.12 Å². The zero-order chi connectivity index (χ0) is 10.1. The number of hydrogen-bond acceptors (Lipinski definition) is 5. The molecule has 0 aliphatic heterocycles. The number of ether oxygens (including phenoxy) is 1.